The molecule has 1 aliphatic carbocycles. The van der Waals surface area contributed by atoms with E-state index in [9.17, 15) is 4.79 Å². The molecule has 20 heavy (non-hydrogen) atoms. The molecule has 0 aromatic carbocycles. The van der Waals surface area contributed by atoms with Crippen LogP contribution in [0.25, 0.3) is 0 Å². The van der Waals surface area contributed by atoms with Gasteiger partial charge in [0.15, 0.2) is 0 Å². The van der Waals surface area contributed by atoms with E-state index in [4.69, 9.17) is 4.74 Å². The number of rotatable bonds is 2. The van der Waals surface area contributed by atoms with Crippen molar-refractivity contribution >= 4 is 5.91 Å². The van der Waals surface area contributed by atoms with Gasteiger partial charge in [-0.3, -0.25) is 4.79 Å². The molecule has 0 aromatic heterocycles. The average Bonchev–Trinajstić information content (AvgIpc) is 2.79. The van der Waals surface area contributed by atoms with Crippen LogP contribution < -0.4 is 5.32 Å². The van der Waals surface area contributed by atoms with Gasteiger partial charge in [0.05, 0.1) is 17.2 Å². The first-order chi connectivity index (χ1) is 9.51. The molecule has 2 heterocycles. The van der Waals surface area contributed by atoms with Gasteiger partial charge in [0.25, 0.3) is 0 Å². The quantitative estimate of drug-likeness (QED) is 0.842. The van der Waals surface area contributed by atoms with E-state index in [0.717, 1.165) is 26.1 Å². The maximum Gasteiger partial charge on any atom is 0.242 e. The summed E-state index contributed by atoms with van der Waals surface area (Å²) in [6.07, 6.45) is 9.01. The van der Waals surface area contributed by atoms with Crippen LogP contribution in [0.1, 0.15) is 58.8 Å². The third kappa shape index (κ3) is 2.73. The maximum atomic E-state index is 12.4. The predicted octanol–water partition coefficient (Wildman–Crippen LogP) is 2.08. The zero-order valence-electron chi connectivity index (χ0n) is 12.9. The molecule has 1 spiro atoms. The molecular weight excluding hydrogens is 252 g/mol. The van der Waals surface area contributed by atoms with Crippen LogP contribution in [0.5, 0.6) is 0 Å². The molecule has 2 saturated heterocycles. The number of piperazine rings is 1. The van der Waals surface area contributed by atoms with Gasteiger partial charge in [0, 0.05) is 19.6 Å². The smallest absolute Gasteiger partial charge is 0.242 e. The van der Waals surface area contributed by atoms with Crippen molar-refractivity contribution in [3.8, 4) is 0 Å². The zero-order chi connectivity index (χ0) is 14.2. The van der Waals surface area contributed by atoms with Crippen LogP contribution >= 0.6 is 0 Å². The highest BCUT2D eigenvalue weighted by molar-refractivity contribution is 5.86. The number of hydrogen-bond donors (Lipinski definition) is 1. The summed E-state index contributed by atoms with van der Waals surface area (Å²) in [7, 11) is 0. The van der Waals surface area contributed by atoms with E-state index >= 15 is 0 Å². The fraction of sp³-hybridized carbons (Fsp3) is 0.938. The van der Waals surface area contributed by atoms with Gasteiger partial charge in [0.2, 0.25) is 5.91 Å². The summed E-state index contributed by atoms with van der Waals surface area (Å²) >= 11 is 0. The van der Waals surface area contributed by atoms with Crippen LogP contribution in [-0.2, 0) is 9.53 Å². The molecule has 1 N–H and O–H groups in total. The van der Waals surface area contributed by atoms with Crippen LogP contribution in [-0.4, -0.2) is 47.7 Å². The minimum atomic E-state index is -0.417. The molecule has 2 aliphatic heterocycles. The first kappa shape index (κ1) is 14.3. The molecule has 1 saturated carbocycles. The second-order valence-electron chi connectivity index (χ2n) is 7.33. The van der Waals surface area contributed by atoms with Gasteiger partial charge >= 0.3 is 0 Å². The number of carbonyl (C=O) groups is 1. The van der Waals surface area contributed by atoms with Crippen LogP contribution in [0, 0.1) is 0 Å². The Morgan fingerprint density at radius 3 is 2.75 bits per heavy atom. The summed E-state index contributed by atoms with van der Waals surface area (Å²) < 4.78 is 6.39. The maximum absolute atomic E-state index is 12.4. The molecule has 3 rings (SSSR count). The first-order valence-corrected chi connectivity index (χ1v) is 8.23. The summed E-state index contributed by atoms with van der Waals surface area (Å²) in [6.45, 7) is 6.43. The largest absolute Gasteiger partial charge is 0.370 e. The third-order valence-electron chi connectivity index (χ3n) is 5.30. The van der Waals surface area contributed by atoms with Crippen LogP contribution in [0.3, 0.4) is 0 Å². The van der Waals surface area contributed by atoms with Crippen molar-refractivity contribution in [1.29, 1.82) is 0 Å². The Kier molecular flexibility index (Phi) is 3.80. The molecule has 3 fully saturated rings. The van der Waals surface area contributed by atoms with E-state index in [-0.39, 0.29) is 17.6 Å². The number of amides is 1. The zero-order valence-corrected chi connectivity index (χ0v) is 12.9. The fourth-order valence-corrected chi connectivity index (χ4v) is 4.08. The van der Waals surface area contributed by atoms with Crippen molar-refractivity contribution in [2.45, 2.75) is 76.0 Å². The van der Waals surface area contributed by atoms with E-state index in [0.29, 0.717) is 0 Å². The number of hydrogen-bond acceptors (Lipinski definition) is 3. The highest BCUT2D eigenvalue weighted by Crippen LogP contribution is 2.42. The van der Waals surface area contributed by atoms with Gasteiger partial charge < -0.3 is 15.0 Å². The van der Waals surface area contributed by atoms with E-state index in [1.54, 1.807) is 0 Å². The van der Waals surface area contributed by atoms with Crippen molar-refractivity contribution in [1.82, 2.24) is 10.2 Å². The van der Waals surface area contributed by atoms with Crippen molar-refractivity contribution in [3.63, 3.8) is 0 Å². The van der Waals surface area contributed by atoms with Gasteiger partial charge in [-0.25, -0.2) is 0 Å². The van der Waals surface area contributed by atoms with Gasteiger partial charge in [0.1, 0.15) is 0 Å². The molecule has 114 valence electrons. The monoisotopic (exact) mass is 280 g/mol. The molecule has 1 unspecified atom stereocenters. The number of nitrogens with one attached hydrogen (secondary N) is 1. The topological polar surface area (TPSA) is 41.6 Å². The Bertz CT molecular complexity index is 375. The Balaban J connectivity index is 1.58. The third-order valence-corrected chi connectivity index (χ3v) is 5.30. The second kappa shape index (κ2) is 5.30. The molecule has 1 atom stereocenters. The molecule has 0 aromatic rings. The fourth-order valence-electron chi connectivity index (χ4n) is 4.08. The van der Waals surface area contributed by atoms with Gasteiger partial charge in [-0.05, 0) is 39.5 Å². The number of carbonyl (C=O) groups excluding carboxylic acids is 1. The summed E-state index contributed by atoms with van der Waals surface area (Å²) in [5, 5.41) is 3.29. The average molecular weight is 280 g/mol. The molecule has 3 aliphatic rings. The Labute approximate surface area is 122 Å². The highest BCUT2D eigenvalue weighted by Gasteiger charge is 2.43. The number of nitrogens with zero attached hydrogens (tertiary/aromatic N) is 1. The molecule has 0 radical (unpaired) electrons. The number of ether oxygens (including phenoxy) is 1. The first-order valence-electron chi connectivity index (χ1n) is 8.23. The van der Waals surface area contributed by atoms with Gasteiger partial charge in [-0.1, -0.05) is 19.3 Å². The van der Waals surface area contributed by atoms with Crippen LogP contribution in [0.2, 0.25) is 0 Å². The van der Waals surface area contributed by atoms with E-state index < -0.39 is 5.54 Å². The minimum absolute atomic E-state index is 0.162. The van der Waals surface area contributed by atoms with E-state index in [1.165, 1.54) is 38.5 Å². The van der Waals surface area contributed by atoms with E-state index in [2.05, 4.69) is 5.32 Å². The van der Waals surface area contributed by atoms with E-state index in [1.807, 2.05) is 18.7 Å². The molecule has 1 amide bonds. The summed E-state index contributed by atoms with van der Waals surface area (Å²) in [5.74, 6) is 0.219. The lowest BCUT2D eigenvalue weighted by Gasteiger charge is -2.39. The van der Waals surface area contributed by atoms with Crippen molar-refractivity contribution < 1.29 is 9.53 Å². The minimum Gasteiger partial charge on any atom is -0.370 e. The molecule has 4 heteroatoms. The molecule has 0 bridgehead atoms. The Hall–Kier alpha value is -0.610. The normalized spacial score (nSPS) is 32.8. The summed E-state index contributed by atoms with van der Waals surface area (Å²) in [5.41, 5.74) is -0.255. The van der Waals surface area contributed by atoms with Gasteiger partial charge in [-0.15, -0.1) is 0 Å². The lowest BCUT2D eigenvalue weighted by atomic mass is 9.83. The second-order valence-corrected chi connectivity index (χ2v) is 7.33. The summed E-state index contributed by atoms with van der Waals surface area (Å²) in [6, 6.07) is 0. The predicted molar refractivity (Wildman–Crippen MR) is 78.6 cm³/mol. The molecular formula is C16H28N2O2. The standard InChI is InChI=1S/C16H28N2O2/c1-15(2)14(19)18(11-10-17-15)12-13-6-9-16(20-13)7-4-3-5-8-16/h13,17H,3-12H2,1-2H3. The van der Waals surface area contributed by atoms with Crippen LogP contribution in [0.15, 0.2) is 0 Å². The van der Waals surface area contributed by atoms with Crippen molar-refractivity contribution in [2.75, 3.05) is 19.6 Å². The Morgan fingerprint density at radius 1 is 1.25 bits per heavy atom. The van der Waals surface area contributed by atoms with Crippen molar-refractivity contribution in [3.05, 3.63) is 0 Å². The Morgan fingerprint density at radius 2 is 2.00 bits per heavy atom. The van der Waals surface area contributed by atoms with Gasteiger partial charge in [-0.2, -0.15) is 0 Å². The molecule has 4 nitrogen and oxygen atoms in total. The lowest BCUT2D eigenvalue weighted by molar-refractivity contribution is -0.143. The lowest BCUT2D eigenvalue weighted by Crippen LogP contribution is -2.62. The SMILES string of the molecule is CC1(C)NCCN(CC2CCC3(CCCCC3)O2)C1=O. The summed E-state index contributed by atoms with van der Waals surface area (Å²) in [4.78, 5) is 14.4. The van der Waals surface area contributed by atoms with Crippen LogP contribution in [0.4, 0.5) is 0 Å². The highest BCUT2D eigenvalue weighted by atomic mass is 16.5. The van der Waals surface area contributed by atoms with Crippen molar-refractivity contribution in [2.24, 2.45) is 0 Å².